The van der Waals surface area contributed by atoms with E-state index in [9.17, 15) is 9.59 Å². The molecule has 2 amide bonds. The third-order valence-corrected chi connectivity index (χ3v) is 7.34. The summed E-state index contributed by atoms with van der Waals surface area (Å²) >= 11 is 1.63. The number of hydrogen-bond acceptors (Lipinski definition) is 4. The van der Waals surface area contributed by atoms with Crippen LogP contribution in [0.5, 0.6) is 0 Å². The van der Waals surface area contributed by atoms with Crippen LogP contribution in [0.2, 0.25) is 0 Å². The molecule has 6 heteroatoms. The zero-order chi connectivity index (χ0) is 19.3. The fraction of sp³-hybridized carbons (Fsp3) is 0.714. The maximum Gasteiger partial charge on any atom is 0.261 e. The van der Waals surface area contributed by atoms with E-state index < -0.39 is 5.41 Å². The maximum absolute atomic E-state index is 12.9. The number of rotatable bonds is 6. The Bertz CT molecular complexity index is 639. The number of nitrogens with one attached hydrogen (secondary N) is 1. The van der Waals surface area contributed by atoms with Gasteiger partial charge >= 0.3 is 0 Å². The Hall–Kier alpha value is -1.40. The summed E-state index contributed by atoms with van der Waals surface area (Å²) < 4.78 is 0. The SMILES string of the molecule is CN(CCO)C(=O)C1(CNC(=O)c2cc3c(s2)CCCCCC3)CCCC1. The molecule has 0 atom stereocenters. The second-order valence-electron chi connectivity index (χ2n) is 8.09. The summed E-state index contributed by atoms with van der Waals surface area (Å²) in [6.45, 7) is 0.695. The predicted octanol–water partition coefficient (Wildman–Crippen LogP) is 3.15. The van der Waals surface area contributed by atoms with Crippen LogP contribution in [0.25, 0.3) is 0 Å². The molecule has 0 saturated heterocycles. The summed E-state index contributed by atoms with van der Waals surface area (Å²) in [7, 11) is 1.74. The van der Waals surface area contributed by atoms with Crippen molar-refractivity contribution in [2.75, 3.05) is 26.7 Å². The average molecular weight is 393 g/mol. The van der Waals surface area contributed by atoms with E-state index in [1.54, 1.807) is 23.3 Å². The van der Waals surface area contributed by atoms with Crippen LogP contribution in [0, 0.1) is 5.41 Å². The lowest BCUT2D eigenvalue weighted by Gasteiger charge is -2.32. The molecule has 2 aliphatic rings. The number of aryl methyl sites for hydroxylation is 2. The first-order chi connectivity index (χ1) is 13.1. The second kappa shape index (κ2) is 9.20. The number of nitrogens with zero attached hydrogens (tertiary/aromatic N) is 1. The van der Waals surface area contributed by atoms with E-state index in [2.05, 4.69) is 11.4 Å². The Morgan fingerprint density at radius 3 is 2.56 bits per heavy atom. The summed E-state index contributed by atoms with van der Waals surface area (Å²) in [4.78, 5) is 29.5. The molecular formula is C21H32N2O3S. The second-order valence-corrected chi connectivity index (χ2v) is 9.23. The molecule has 0 unspecified atom stereocenters. The smallest absolute Gasteiger partial charge is 0.261 e. The molecule has 5 nitrogen and oxygen atoms in total. The van der Waals surface area contributed by atoms with Crippen LogP contribution < -0.4 is 5.32 Å². The van der Waals surface area contributed by atoms with Crippen molar-refractivity contribution in [2.45, 2.75) is 64.2 Å². The Morgan fingerprint density at radius 2 is 1.85 bits per heavy atom. The molecule has 0 aliphatic heterocycles. The van der Waals surface area contributed by atoms with E-state index in [1.165, 1.54) is 36.1 Å². The monoisotopic (exact) mass is 392 g/mol. The molecule has 1 fully saturated rings. The highest BCUT2D eigenvalue weighted by atomic mass is 32.1. The minimum Gasteiger partial charge on any atom is -0.395 e. The molecule has 1 heterocycles. The highest BCUT2D eigenvalue weighted by molar-refractivity contribution is 7.14. The van der Waals surface area contributed by atoms with Crippen molar-refractivity contribution in [1.82, 2.24) is 10.2 Å². The van der Waals surface area contributed by atoms with E-state index >= 15 is 0 Å². The lowest BCUT2D eigenvalue weighted by Crippen LogP contribution is -2.48. The summed E-state index contributed by atoms with van der Waals surface area (Å²) in [6.07, 6.45) is 10.8. The lowest BCUT2D eigenvalue weighted by molar-refractivity contribution is -0.140. The van der Waals surface area contributed by atoms with Gasteiger partial charge < -0.3 is 15.3 Å². The number of carbonyl (C=O) groups is 2. The van der Waals surface area contributed by atoms with Gasteiger partial charge in [-0.05, 0) is 50.2 Å². The fourth-order valence-corrected chi connectivity index (χ4v) is 5.64. The highest BCUT2D eigenvalue weighted by Crippen LogP contribution is 2.39. The summed E-state index contributed by atoms with van der Waals surface area (Å²) in [5.74, 6) is 0.00318. The van der Waals surface area contributed by atoms with Gasteiger partial charge in [0.15, 0.2) is 0 Å². The van der Waals surface area contributed by atoms with Crippen LogP contribution in [0.3, 0.4) is 0 Å². The highest BCUT2D eigenvalue weighted by Gasteiger charge is 2.42. The number of hydrogen-bond donors (Lipinski definition) is 2. The predicted molar refractivity (Wildman–Crippen MR) is 108 cm³/mol. The van der Waals surface area contributed by atoms with E-state index in [0.29, 0.717) is 13.1 Å². The number of aliphatic hydroxyl groups excluding tert-OH is 1. The van der Waals surface area contributed by atoms with Crippen molar-refractivity contribution >= 4 is 23.2 Å². The quantitative estimate of drug-likeness (QED) is 0.781. The van der Waals surface area contributed by atoms with Crippen LogP contribution in [-0.4, -0.2) is 48.6 Å². The summed E-state index contributed by atoms with van der Waals surface area (Å²) in [6, 6.07) is 2.07. The van der Waals surface area contributed by atoms with Crippen LogP contribution in [0.1, 0.15) is 71.5 Å². The van der Waals surface area contributed by atoms with Crippen LogP contribution in [0.15, 0.2) is 6.07 Å². The minimum absolute atomic E-state index is 0.0363. The maximum atomic E-state index is 12.9. The molecule has 3 rings (SSSR count). The molecular weight excluding hydrogens is 360 g/mol. The molecule has 0 bridgehead atoms. The molecule has 150 valence electrons. The third-order valence-electron chi connectivity index (χ3n) is 6.10. The van der Waals surface area contributed by atoms with Crippen molar-refractivity contribution < 1.29 is 14.7 Å². The minimum atomic E-state index is -0.509. The zero-order valence-electron chi connectivity index (χ0n) is 16.4. The van der Waals surface area contributed by atoms with Crippen molar-refractivity contribution in [3.8, 4) is 0 Å². The number of thiophene rings is 1. The van der Waals surface area contributed by atoms with Gasteiger partial charge in [0.2, 0.25) is 5.91 Å². The van der Waals surface area contributed by atoms with Crippen molar-refractivity contribution in [3.05, 3.63) is 21.4 Å². The molecule has 1 aromatic rings. The molecule has 27 heavy (non-hydrogen) atoms. The summed E-state index contributed by atoms with van der Waals surface area (Å²) in [5, 5.41) is 12.2. The molecule has 2 N–H and O–H groups in total. The molecule has 1 saturated carbocycles. The first-order valence-electron chi connectivity index (χ1n) is 10.3. The normalized spacial score (nSPS) is 19.0. The van der Waals surface area contributed by atoms with Gasteiger partial charge in [-0.3, -0.25) is 9.59 Å². The number of amides is 2. The lowest BCUT2D eigenvalue weighted by atomic mass is 9.84. The van der Waals surface area contributed by atoms with E-state index in [1.807, 2.05) is 0 Å². The van der Waals surface area contributed by atoms with Crippen molar-refractivity contribution in [1.29, 1.82) is 0 Å². The van der Waals surface area contributed by atoms with Gasteiger partial charge in [0.1, 0.15) is 0 Å². The Kier molecular flexibility index (Phi) is 6.93. The largest absolute Gasteiger partial charge is 0.395 e. The van der Waals surface area contributed by atoms with E-state index in [0.717, 1.165) is 43.4 Å². The first-order valence-corrected chi connectivity index (χ1v) is 11.1. The number of likely N-dealkylation sites (N-methyl/N-ethyl adjacent to an activating group) is 1. The Balaban J connectivity index is 1.66. The average Bonchev–Trinajstić information content (AvgIpc) is 3.27. The van der Waals surface area contributed by atoms with Gasteiger partial charge in [-0.15, -0.1) is 11.3 Å². The number of aliphatic hydroxyl groups is 1. The van der Waals surface area contributed by atoms with Gasteiger partial charge in [0.05, 0.1) is 16.9 Å². The topological polar surface area (TPSA) is 69.6 Å². The van der Waals surface area contributed by atoms with Crippen LogP contribution in [-0.2, 0) is 17.6 Å². The Labute approximate surface area is 166 Å². The van der Waals surface area contributed by atoms with Crippen LogP contribution >= 0.6 is 11.3 Å². The van der Waals surface area contributed by atoms with E-state index in [-0.39, 0.29) is 18.4 Å². The van der Waals surface area contributed by atoms with Gasteiger partial charge in [-0.2, -0.15) is 0 Å². The van der Waals surface area contributed by atoms with Gasteiger partial charge in [0, 0.05) is 25.0 Å². The van der Waals surface area contributed by atoms with Crippen LogP contribution in [0.4, 0.5) is 0 Å². The standard InChI is InChI=1S/C21H32N2O3S/c1-23(12-13-24)20(26)21(10-6-7-11-21)15-22-19(25)18-14-16-8-4-2-3-5-9-17(16)27-18/h14,24H,2-13,15H2,1H3,(H,22,25). The number of carbonyl (C=O) groups excluding carboxylic acids is 2. The fourth-order valence-electron chi connectivity index (χ4n) is 4.47. The molecule has 0 aromatic carbocycles. The van der Waals surface area contributed by atoms with Crippen molar-refractivity contribution in [3.63, 3.8) is 0 Å². The van der Waals surface area contributed by atoms with Gasteiger partial charge in [-0.25, -0.2) is 0 Å². The first kappa shape index (κ1) is 20.3. The molecule has 1 aromatic heterocycles. The summed E-state index contributed by atoms with van der Waals surface area (Å²) in [5.41, 5.74) is 0.838. The van der Waals surface area contributed by atoms with E-state index in [4.69, 9.17) is 5.11 Å². The molecule has 0 radical (unpaired) electrons. The van der Waals surface area contributed by atoms with Gasteiger partial charge in [-0.1, -0.05) is 25.7 Å². The van der Waals surface area contributed by atoms with Gasteiger partial charge in [0.25, 0.3) is 5.91 Å². The molecule has 0 spiro atoms. The zero-order valence-corrected chi connectivity index (χ0v) is 17.2. The third kappa shape index (κ3) is 4.72. The van der Waals surface area contributed by atoms with Crippen molar-refractivity contribution in [2.24, 2.45) is 5.41 Å². The molecule has 2 aliphatic carbocycles. The Morgan fingerprint density at radius 1 is 1.15 bits per heavy atom. The number of fused-ring (bicyclic) bond motifs is 1.